The van der Waals surface area contributed by atoms with Crippen LogP contribution in [-0.4, -0.2) is 30.4 Å². The smallest absolute Gasteiger partial charge is 0.497 e. The van der Waals surface area contributed by atoms with Crippen molar-refractivity contribution in [2.75, 3.05) is 7.11 Å². The van der Waals surface area contributed by atoms with Gasteiger partial charge in [0.05, 0.1) is 23.9 Å². The van der Waals surface area contributed by atoms with E-state index in [1.165, 1.54) is 13.2 Å². The van der Waals surface area contributed by atoms with Crippen LogP contribution in [0.5, 0.6) is 5.75 Å². The zero-order valence-corrected chi connectivity index (χ0v) is 11.3. The summed E-state index contributed by atoms with van der Waals surface area (Å²) in [6.07, 6.45) is 0. The maximum Gasteiger partial charge on any atom is 0.514 e. The Morgan fingerprint density at radius 2 is 1.72 bits per heavy atom. The zero-order chi connectivity index (χ0) is 13.6. The van der Waals surface area contributed by atoms with Crippen LogP contribution in [0.15, 0.2) is 12.1 Å². The molecular weight excluding hydrogens is 236 g/mol. The van der Waals surface area contributed by atoms with Crippen LogP contribution >= 0.6 is 0 Å². The molecule has 0 unspecified atom stereocenters. The number of halogens is 1. The van der Waals surface area contributed by atoms with E-state index in [2.05, 4.69) is 4.98 Å². The van der Waals surface area contributed by atoms with E-state index in [1.54, 1.807) is 6.07 Å². The monoisotopic (exact) mass is 253 g/mol. The summed E-state index contributed by atoms with van der Waals surface area (Å²) < 4.78 is 30.0. The summed E-state index contributed by atoms with van der Waals surface area (Å²) in [5, 5.41) is 0. The Kier molecular flexibility index (Phi) is 3.11. The molecule has 18 heavy (non-hydrogen) atoms. The molecule has 0 aliphatic carbocycles. The molecule has 0 saturated carbocycles. The van der Waals surface area contributed by atoms with Crippen molar-refractivity contribution >= 4 is 12.7 Å². The molecule has 2 rings (SSSR count). The summed E-state index contributed by atoms with van der Waals surface area (Å²) in [5.74, 6) is -0.216. The zero-order valence-electron chi connectivity index (χ0n) is 11.3. The van der Waals surface area contributed by atoms with Crippen LogP contribution < -0.4 is 10.3 Å². The highest BCUT2D eigenvalue weighted by molar-refractivity contribution is 6.61. The molecule has 98 valence electrons. The molecule has 0 N–H and O–H groups in total. The minimum atomic E-state index is -0.681. The van der Waals surface area contributed by atoms with E-state index in [0.717, 1.165) is 0 Å². The number of rotatable bonds is 2. The summed E-state index contributed by atoms with van der Waals surface area (Å²) in [6, 6.07) is 2.83. The summed E-state index contributed by atoms with van der Waals surface area (Å²) in [5.41, 5.74) is -0.567. The van der Waals surface area contributed by atoms with Crippen molar-refractivity contribution in [2.24, 2.45) is 0 Å². The molecule has 1 aromatic heterocycles. The van der Waals surface area contributed by atoms with E-state index in [0.29, 0.717) is 11.3 Å². The van der Waals surface area contributed by atoms with Gasteiger partial charge in [-0.15, -0.1) is 0 Å². The first-order valence-electron chi connectivity index (χ1n) is 5.82. The first-order valence-corrected chi connectivity index (χ1v) is 5.82. The number of pyridine rings is 1. The Balaban J connectivity index is 2.32. The van der Waals surface area contributed by atoms with Gasteiger partial charge in [-0.2, -0.15) is 4.39 Å². The fraction of sp³-hybridized carbons (Fsp3) is 0.583. The Morgan fingerprint density at radius 3 is 2.22 bits per heavy atom. The molecule has 4 nitrogen and oxygen atoms in total. The lowest BCUT2D eigenvalue weighted by atomic mass is 9.84. The van der Waals surface area contributed by atoms with Crippen molar-refractivity contribution in [2.45, 2.75) is 38.9 Å². The molecule has 1 aliphatic rings. The predicted octanol–water partition coefficient (Wildman–Crippen LogP) is 1.53. The van der Waals surface area contributed by atoms with Gasteiger partial charge in [0.25, 0.3) is 0 Å². The predicted molar refractivity (Wildman–Crippen MR) is 66.5 cm³/mol. The van der Waals surface area contributed by atoms with Gasteiger partial charge in [0.2, 0.25) is 5.95 Å². The standard InChI is InChI=1S/C12H17BFNO3/c1-11(2)12(3,4)18-13(17-11)9-6-8(16-5)7-10(14)15-9/h6-7H,1-5H3. The van der Waals surface area contributed by atoms with Gasteiger partial charge >= 0.3 is 7.12 Å². The third kappa shape index (κ3) is 2.22. The molecule has 1 fully saturated rings. The number of aromatic nitrogens is 1. The molecule has 6 heteroatoms. The first-order chi connectivity index (χ1) is 8.25. The van der Waals surface area contributed by atoms with E-state index in [9.17, 15) is 4.39 Å². The highest BCUT2D eigenvalue weighted by Crippen LogP contribution is 2.36. The summed E-state index contributed by atoms with van der Waals surface area (Å²) in [6.45, 7) is 7.74. The van der Waals surface area contributed by atoms with E-state index in [-0.39, 0.29) is 0 Å². The third-order valence-corrected chi connectivity index (χ3v) is 3.52. The molecule has 0 aromatic carbocycles. The molecular formula is C12H17BFNO3. The Bertz CT molecular complexity index is 449. The second kappa shape index (κ2) is 4.21. The molecule has 1 aliphatic heterocycles. The summed E-state index contributed by atoms with van der Waals surface area (Å²) in [4.78, 5) is 3.80. The Hall–Kier alpha value is -1.14. The van der Waals surface area contributed by atoms with Gasteiger partial charge in [0.15, 0.2) is 0 Å². The largest absolute Gasteiger partial charge is 0.514 e. The average molecular weight is 253 g/mol. The number of nitrogens with zero attached hydrogens (tertiary/aromatic N) is 1. The van der Waals surface area contributed by atoms with Gasteiger partial charge in [-0.1, -0.05) is 0 Å². The van der Waals surface area contributed by atoms with Crippen LogP contribution in [0.2, 0.25) is 0 Å². The number of hydrogen-bond donors (Lipinski definition) is 0. The Labute approximate surface area is 107 Å². The normalized spacial score (nSPS) is 21.1. The molecule has 1 saturated heterocycles. The second-order valence-electron chi connectivity index (χ2n) is 5.34. The number of methoxy groups -OCH3 is 1. The van der Waals surface area contributed by atoms with Gasteiger partial charge in [0.1, 0.15) is 5.75 Å². The van der Waals surface area contributed by atoms with Crippen LogP contribution in [0, 0.1) is 5.95 Å². The second-order valence-corrected chi connectivity index (χ2v) is 5.34. The number of ether oxygens (including phenoxy) is 1. The van der Waals surface area contributed by atoms with Gasteiger partial charge in [0, 0.05) is 6.07 Å². The molecule has 0 bridgehead atoms. The highest BCUT2D eigenvalue weighted by atomic mass is 19.1. The fourth-order valence-corrected chi connectivity index (χ4v) is 1.70. The van der Waals surface area contributed by atoms with Crippen molar-refractivity contribution in [3.8, 4) is 5.75 Å². The SMILES string of the molecule is COc1cc(F)nc(B2OC(C)(C)C(C)(C)O2)c1. The highest BCUT2D eigenvalue weighted by Gasteiger charge is 2.52. The molecule has 2 heterocycles. The van der Waals surface area contributed by atoms with Crippen molar-refractivity contribution in [3.63, 3.8) is 0 Å². The lowest BCUT2D eigenvalue weighted by Gasteiger charge is -2.32. The van der Waals surface area contributed by atoms with E-state index in [4.69, 9.17) is 14.0 Å². The van der Waals surface area contributed by atoms with Gasteiger partial charge in [-0.05, 0) is 33.8 Å². The van der Waals surface area contributed by atoms with Gasteiger partial charge in [-0.25, -0.2) is 4.98 Å². The maximum absolute atomic E-state index is 13.4. The third-order valence-electron chi connectivity index (χ3n) is 3.52. The molecule has 0 amide bonds. The molecule has 0 atom stereocenters. The molecule has 0 spiro atoms. The minimum Gasteiger partial charge on any atom is -0.497 e. The lowest BCUT2D eigenvalue weighted by molar-refractivity contribution is 0.00578. The van der Waals surface area contributed by atoms with Crippen LogP contribution in [-0.2, 0) is 9.31 Å². The van der Waals surface area contributed by atoms with Crippen molar-refractivity contribution in [3.05, 3.63) is 18.1 Å². The lowest BCUT2D eigenvalue weighted by Crippen LogP contribution is -2.41. The van der Waals surface area contributed by atoms with Crippen molar-refractivity contribution in [1.82, 2.24) is 4.98 Å². The molecule has 1 aromatic rings. The average Bonchev–Trinajstić information content (AvgIpc) is 2.47. The van der Waals surface area contributed by atoms with Crippen LogP contribution in [0.4, 0.5) is 4.39 Å². The van der Waals surface area contributed by atoms with Crippen LogP contribution in [0.25, 0.3) is 0 Å². The quantitative estimate of drug-likeness (QED) is 0.592. The van der Waals surface area contributed by atoms with Crippen LogP contribution in [0.3, 0.4) is 0 Å². The summed E-state index contributed by atoms with van der Waals surface area (Å²) in [7, 11) is 0.794. The molecule has 0 radical (unpaired) electrons. The first kappa shape index (κ1) is 13.3. The van der Waals surface area contributed by atoms with Crippen molar-refractivity contribution < 1.29 is 18.4 Å². The Morgan fingerprint density at radius 1 is 1.17 bits per heavy atom. The van der Waals surface area contributed by atoms with Crippen molar-refractivity contribution in [1.29, 1.82) is 0 Å². The fourth-order valence-electron chi connectivity index (χ4n) is 1.70. The van der Waals surface area contributed by atoms with E-state index in [1.807, 2.05) is 27.7 Å². The van der Waals surface area contributed by atoms with Gasteiger partial charge in [-0.3, -0.25) is 0 Å². The van der Waals surface area contributed by atoms with Crippen LogP contribution in [0.1, 0.15) is 27.7 Å². The minimum absolute atomic E-state index is 0.380. The topological polar surface area (TPSA) is 40.6 Å². The van der Waals surface area contributed by atoms with E-state index >= 15 is 0 Å². The van der Waals surface area contributed by atoms with E-state index < -0.39 is 24.3 Å². The summed E-state index contributed by atoms with van der Waals surface area (Å²) >= 11 is 0. The maximum atomic E-state index is 13.4. The number of hydrogen-bond acceptors (Lipinski definition) is 4. The van der Waals surface area contributed by atoms with Gasteiger partial charge < -0.3 is 14.0 Å².